The molecule has 4 rings (SSSR count). The highest BCUT2D eigenvalue weighted by Gasteiger charge is 2.68. The molecule has 3 aliphatic heterocycles. The van der Waals surface area contributed by atoms with Crippen LogP contribution in [0.25, 0.3) is 0 Å². The second kappa shape index (κ2) is 2.19. The van der Waals surface area contributed by atoms with Crippen molar-refractivity contribution in [1.82, 2.24) is 4.90 Å². The predicted molar refractivity (Wildman–Crippen MR) is 55.4 cm³/mol. The largest absolute Gasteiger partial charge is 0.300 e. The maximum Gasteiger partial charge on any atom is 0.154 e. The molecular weight excluding hydrogens is 190 g/mol. The van der Waals surface area contributed by atoms with Crippen LogP contribution in [-0.2, 0) is 9.59 Å². The number of hydrogen-bond donors (Lipinski definition) is 0. The first-order valence-corrected chi connectivity index (χ1v) is 5.62. The molecule has 0 aromatic carbocycles. The molecule has 4 atom stereocenters. The van der Waals surface area contributed by atoms with Crippen molar-refractivity contribution in [2.24, 2.45) is 16.2 Å². The van der Waals surface area contributed by atoms with E-state index < -0.39 is 5.41 Å². The van der Waals surface area contributed by atoms with Gasteiger partial charge in [-0.1, -0.05) is 13.8 Å². The van der Waals surface area contributed by atoms with Crippen LogP contribution < -0.4 is 0 Å². The second-order valence-corrected chi connectivity index (χ2v) is 6.43. The van der Waals surface area contributed by atoms with E-state index in [2.05, 4.69) is 4.90 Å². The third-order valence-corrected chi connectivity index (χ3v) is 4.56. The number of ketones is 2. The molecule has 0 aromatic rings. The Labute approximate surface area is 89.8 Å². The van der Waals surface area contributed by atoms with Crippen LogP contribution in [0.5, 0.6) is 0 Å². The van der Waals surface area contributed by atoms with Gasteiger partial charge in [0.1, 0.15) is 0 Å². The summed E-state index contributed by atoms with van der Waals surface area (Å²) in [6.45, 7) is 8.26. The zero-order valence-corrected chi connectivity index (χ0v) is 9.59. The molecule has 3 saturated heterocycles. The van der Waals surface area contributed by atoms with E-state index in [4.69, 9.17) is 0 Å². The van der Waals surface area contributed by atoms with Gasteiger partial charge in [-0.2, -0.15) is 0 Å². The summed E-state index contributed by atoms with van der Waals surface area (Å²) in [5, 5.41) is 0. The minimum absolute atomic E-state index is 0.188. The Hall–Kier alpha value is -0.700. The molecule has 1 saturated carbocycles. The van der Waals surface area contributed by atoms with Crippen LogP contribution in [-0.4, -0.2) is 36.1 Å². The van der Waals surface area contributed by atoms with E-state index in [0.717, 1.165) is 19.5 Å². The number of rotatable bonds is 0. The molecule has 0 N–H and O–H groups in total. The number of hydrogen-bond acceptors (Lipinski definition) is 3. The standard InChI is InChI=1S/C12H17NO2/c1-10-4-11(2)6-13(5-10)7-12(3,8(10)14)9(11)15/h4-7H2,1-3H3/t10-,11+,12-. The summed E-state index contributed by atoms with van der Waals surface area (Å²) in [5.41, 5.74) is -1.25. The van der Waals surface area contributed by atoms with Crippen LogP contribution in [0.3, 0.4) is 0 Å². The second-order valence-electron chi connectivity index (χ2n) is 6.43. The molecule has 0 aromatic heterocycles. The van der Waals surface area contributed by atoms with Gasteiger partial charge in [0, 0.05) is 30.5 Å². The van der Waals surface area contributed by atoms with Gasteiger partial charge in [-0.05, 0) is 13.3 Å². The normalized spacial score (nSPS) is 57.7. The molecule has 4 aliphatic rings. The molecule has 3 heterocycles. The Morgan fingerprint density at radius 3 is 1.87 bits per heavy atom. The molecule has 1 unspecified atom stereocenters. The van der Waals surface area contributed by atoms with Crippen molar-refractivity contribution in [3.63, 3.8) is 0 Å². The molecule has 3 heteroatoms. The van der Waals surface area contributed by atoms with Gasteiger partial charge >= 0.3 is 0 Å². The van der Waals surface area contributed by atoms with Gasteiger partial charge < -0.3 is 0 Å². The fourth-order valence-electron chi connectivity index (χ4n) is 4.46. The molecule has 0 radical (unpaired) electrons. The summed E-state index contributed by atoms with van der Waals surface area (Å²) in [4.78, 5) is 26.9. The predicted octanol–water partition coefficient (Wildman–Crippen LogP) is 0.876. The van der Waals surface area contributed by atoms with Gasteiger partial charge in [-0.15, -0.1) is 0 Å². The number of nitrogens with zero attached hydrogens (tertiary/aromatic N) is 1. The van der Waals surface area contributed by atoms with Crippen molar-refractivity contribution in [3.05, 3.63) is 0 Å². The Balaban J connectivity index is 2.20. The summed E-state index contributed by atoms with van der Waals surface area (Å²) in [7, 11) is 0. The summed E-state index contributed by atoms with van der Waals surface area (Å²) in [6, 6.07) is 0. The summed E-state index contributed by atoms with van der Waals surface area (Å²) in [5.74, 6) is 0.377. The van der Waals surface area contributed by atoms with Crippen LogP contribution in [0.15, 0.2) is 0 Å². The van der Waals surface area contributed by atoms with Crippen LogP contribution >= 0.6 is 0 Å². The van der Waals surface area contributed by atoms with Gasteiger partial charge in [-0.25, -0.2) is 0 Å². The Bertz CT molecular complexity index is 359. The lowest BCUT2D eigenvalue weighted by atomic mass is 9.48. The minimum Gasteiger partial charge on any atom is -0.300 e. The van der Waals surface area contributed by atoms with Crippen LogP contribution in [0.2, 0.25) is 0 Å². The van der Waals surface area contributed by atoms with Gasteiger partial charge in [0.25, 0.3) is 0 Å². The van der Waals surface area contributed by atoms with E-state index in [9.17, 15) is 9.59 Å². The fraction of sp³-hybridized carbons (Fsp3) is 0.833. The molecule has 15 heavy (non-hydrogen) atoms. The lowest BCUT2D eigenvalue weighted by Gasteiger charge is -2.62. The number of carbonyl (C=O) groups excluding carboxylic acids is 2. The van der Waals surface area contributed by atoms with Crippen LogP contribution in [0.4, 0.5) is 0 Å². The molecule has 4 bridgehead atoms. The third kappa shape index (κ3) is 0.865. The van der Waals surface area contributed by atoms with Crippen molar-refractivity contribution < 1.29 is 9.59 Å². The molecule has 4 fully saturated rings. The third-order valence-electron chi connectivity index (χ3n) is 4.56. The Morgan fingerprint density at radius 1 is 0.933 bits per heavy atom. The van der Waals surface area contributed by atoms with Crippen molar-refractivity contribution in [1.29, 1.82) is 0 Å². The summed E-state index contributed by atoms with van der Waals surface area (Å²) < 4.78 is 0. The van der Waals surface area contributed by atoms with Gasteiger partial charge in [0.2, 0.25) is 0 Å². The van der Waals surface area contributed by atoms with E-state index in [-0.39, 0.29) is 22.4 Å². The van der Waals surface area contributed by atoms with Crippen molar-refractivity contribution in [3.8, 4) is 0 Å². The highest BCUT2D eigenvalue weighted by Crippen LogP contribution is 2.57. The maximum absolute atomic E-state index is 12.3. The van der Waals surface area contributed by atoms with E-state index in [1.54, 1.807) is 0 Å². The highest BCUT2D eigenvalue weighted by atomic mass is 16.2. The topological polar surface area (TPSA) is 37.4 Å². The fourth-order valence-corrected chi connectivity index (χ4v) is 4.46. The highest BCUT2D eigenvalue weighted by molar-refractivity contribution is 6.14. The first-order chi connectivity index (χ1) is 6.80. The number of carbonyl (C=O) groups is 2. The number of piperidine rings is 3. The lowest BCUT2D eigenvalue weighted by Crippen LogP contribution is -2.75. The van der Waals surface area contributed by atoms with Gasteiger partial charge in [0.05, 0.1) is 5.41 Å². The molecule has 3 nitrogen and oxygen atoms in total. The Kier molecular flexibility index (Phi) is 1.39. The van der Waals surface area contributed by atoms with Crippen LogP contribution in [0.1, 0.15) is 27.2 Å². The van der Waals surface area contributed by atoms with Gasteiger partial charge in [0.15, 0.2) is 11.6 Å². The van der Waals surface area contributed by atoms with Crippen molar-refractivity contribution >= 4 is 11.6 Å². The molecule has 0 spiro atoms. The minimum atomic E-state index is -0.710. The van der Waals surface area contributed by atoms with E-state index in [0.29, 0.717) is 6.54 Å². The smallest absolute Gasteiger partial charge is 0.154 e. The maximum atomic E-state index is 12.3. The van der Waals surface area contributed by atoms with E-state index >= 15 is 0 Å². The zero-order chi connectivity index (χ0) is 11.1. The van der Waals surface area contributed by atoms with E-state index in [1.165, 1.54) is 0 Å². The Morgan fingerprint density at radius 2 is 1.40 bits per heavy atom. The SMILES string of the molecule is C[C@]12CN3C[C@](C)(C1)C(=O)[C@](C)(C3)C2=O. The van der Waals surface area contributed by atoms with Crippen molar-refractivity contribution in [2.75, 3.05) is 19.6 Å². The molecule has 82 valence electrons. The lowest BCUT2D eigenvalue weighted by molar-refractivity contribution is -0.185. The molecule has 0 amide bonds. The monoisotopic (exact) mass is 207 g/mol. The number of Topliss-reactive ketones (excluding diaryl/α,β-unsaturated/α-hetero) is 2. The average molecular weight is 207 g/mol. The van der Waals surface area contributed by atoms with Gasteiger partial charge in [-0.3, -0.25) is 14.5 Å². The first-order valence-electron chi connectivity index (χ1n) is 5.62. The van der Waals surface area contributed by atoms with Crippen molar-refractivity contribution in [2.45, 2.75) is 27.2 Å². The zero-order valence-electron chi connectivity index (χ0n) is 9.59. The van der Waals surface area contributed by atoms with Crippen LogP contribution in [0, 0.1) is 16.2 Å². The average Bonchev–Trinajstić information content (AvgIpc) is 2.10. The molecular formula is C12H17NO2. The molecule has 1 aliphatic carbocycles. The first kappa shape index (κ1) is 9.52. The summed E-state index contributed by atoms with van der Waals surface area (Å²) >= 11 is 0. The summed E-state index contributed by atoms with van der Waals surface area (Å²) in [6.07, 6.45) is 0.754. The van der Waals surface area contributed by atoms with E-state index in [1.807, 2.05) is 20.8 Å². The quantitative estimate of drug-likeness (QED) is 0.553.